The highest BCUT2D eigenvalue weighted by Crippen LogP contribution is 2.53. The smallest absolute Gasteiger partial charge is 0.466 e. The van der Waals surface area contributed by atoms with Crippen LogP contribution in [-0.2, 0) is 0 Å². The topological polar surface area (TPSA) is 145 Å². The first-order chi connectivity index (χ1) is 16.7. The van der Waals surface area contributed by atoms with Crippen molar-refractivity contribution in [3.63, 3.8) is 0 Å². The molecule has 10 nitrogen and oxygen atoms in total. The minimum Gasteiger partial charge on any atom is -0.466 e. The first kappa shape index (κ1) is 25.4. The van der Waals surface area contributed by atoms with Gasteiger partial charge in [-0.25, -0.2) is 9.67 Å². The van der Waals surface area contributed by atoms with E-state index >= 15 is 0 Å². The maximum Gasteiger partial charge on any atom is 0.586 e. The summed E-state index contributed by atoms with van der Waals surface area (Å²) in [7, 11) is 0. The number of carbonyl (C=O) groups excluding carboxylic acids is 2. The molecule has 0 saturated heterocycles. The van der Waals surface area contributed by atoms with Crippen molar-refractivity contribution in [3.05, 3.63) is 45.1 Å². The van der Waals surface area contributed by atoms with Crippen LogP contribution in [0.25, 0.3) is 16.9 Å². The summed E-state index contributed by atoms with van der Waals surface area (Å²) in [5.41, 5.74) is 8.56. The van der Waals surface area contributed by atoms with Gasteiger partial charge in [0, 0.05) is 11.8 Å². The largest absolute Gasteiger partial charge is 0.586 e. The van der Waals surface area contributed by atoms with Crippen molar-refractivity contribution in [3.8, 4) is 34.3 Å². The average Bonchev–Trinajstić information content (AvgIpc) is 3.28. The first-order valence-electron chi connectivity index (χ1n) is 9.36. The van der Waals surface area contributed by atoms with Crippen LogP contribution in [0, 0.1) is 0 Å². The van der Waals surface area contributed by atoms with E-state index in [2.05, 4.69) is 35.5 Å². The molecule has 0 spiro atoms. The molecule has 1 aliphatic rings. The number of benzene rings is 1. The summed E-state index contributed by atoms with van der Waals surface area (Å²) in [4.78, 5) is 28.8. The molecule has 4 N–H and O–H groups in total. The number of nitrogens with zero attached hydrogens (tertiary/aromatic N) is 3. The molecule has 1 aliphatic heterocycles. The highest BCUT2D eigenvalue weighted by Gasteiger charge is 2.46. The molecule has 4 rings (SSSR count). The lowest BCUT2D eigenvalue weighted by atomic mass is 9.97. The molecule has 36 heavy (non-hydrogen) atoms. The normalized spacial score (nSPS) is 14.1. The number of nitrogens with two attached hydrogens (primary N) is 2. The van der Waals surface area contributed by atoms with Gasteiger partial charge in [-0.2, -0.15) is 13.2 Å². The van der Waals surface area contributed by atoms with Crippen molar-refractivity contribution >= 4 is 39.3 Å². The Labute approximate surface area is 210 Å². The second kappa shape index (κ2) is 8.77. The van der Waals surface area contributed by atoms with Crippen molar-refractivity contribution in [1.82, 2.24) is 14.8 Å². The number of pyridine rings is 1. The molecule has 3 aromatic rings. The summed E-state index contributed by atoms with van der Waals surface area (Å²) in [6.07, 6.45) is -7.78. The van der Waals surface area contributed by atoms with Gasteiger partial charge in [0.15, 0.2) is 23.9 Å². The van der Waals surface area contributed by atoms with Crippen LogP contribution < -0.4 is 25.7 Å². The number of amides is 2. The SMILES string of the molecule is NC(=O)c1cc2c(c(Br)c1-c1c(OCC(F)(F)F)nn(-c3ncccc3Cl)c1C(N)=O)OC(F)(F)O2. The first-order valence-corrected chi connectivity index (χ1v) is 10.5. The van der Waals surface area contributed by atoms with Gasteiger partial charge >= 0.3 is 12.5 Å². The zero-order valence-electron chi connectivity index (χ0n) is 17.2. The van der Waals surface area contributed by atoms with Crippen LogP contribution >= 0.6 is 27.5 Å². The van der Waals surface area contributed by atoms with Crippen molar-refractivity contribution in [2.24, 2.45) is 11.5 Å². The number of aromatic nitrogens is 3. The van der Waals surface area contributed by atoms with Crippen molar-refractivity contribution < 1.29 is 45.8 Å². The van der Waals surface area contributed by atoms with Crippen LogP contribution in [0.5, 0.6) is 17.4 Å². The zero-order valence-corrected chi connectivity index (χ0v) is 19.5. The van der Waals surface area contributed by atoms with E-state index in [1.165, 1.54) is 18.3 Å². The molecule has 0 fully saturated rings. The molecule has 0 unspecified atom stereocenters. The van der Waals surface area contributed by atoms with E-state index < -0.39 is 75.1 Å². The Kier molecular flexibility index (Phi) is 6.20. The van der Waals surface area contributed by atoms with E-state index in [9.17, 15) is 31.5 Å². The highest BCUT2D eigenvalue weighted by molar-refractivity contribution is 9.10. The Morgan fingerprint density at radius 2 is 1.89 bits per heavy atom. The lowest BCUT2D eigenvalue weighted by Crippen LogP contribution is -2.26. The fourth-order valence-corrected chi connectivity index (χ4v) is 4.16. The second-order valence-electron chi connectivity index (χ2n) is 6.99. The van der Waals surface area contributed by atoms with Gasteiger partial charge in [0.05, 0.1) is 20.6 Å². The number of rotatable bonds is 6. The quantitative estimate of drug-likeness (QED) is 0.411. The number of hydrogen-bond acceptors (Lipinski definition) is 7. The minimum atomic E-state index is -4.86. The predicted molar refractivity (Wildman–Crippen MR) is 114 cm³/mol. The molecular formula is C19H10BrClF5N5O5. The number of hydrogen-bond donors (Lipinski definition) is 2. The summed E-state index contributed by atoms with van der Waals surface area (Å²) in [5, 5.41) is 3.76. The molecule has 0 aliphatic carbocycles. The lowest BCUT2D eigenvalue weighted by molar-refractivity contribution is -0.286. The Morgan fingerprint density at radius 3 is 2.47 bits per heavy atom. The van der Waals surface area contributed by atoms with Crippen LogP contribution in [-0.4, -0.2) is 45.7 Å². The molecule has 3 heterocycles. The van der Waals surface area contributed by atoms with Crippen LogP contribution in [0.2, 0.25) is 5.02 Å². The van der Waals surface area contributed by atoms with Gasteiger partial charge in [-0.15, -0.1) is 13.9 Å². The molecule has 2 amide bonds. The van der Waals surface area contributed by atoms with Gasteiger partial charge in [0.1, 0.15) is 5.69 Å². The van der Waals surface area contributed by atoms with Crippen LogP contribution in [0.3, 0.4) is 0 Å². The van der Waals surface area contributed by atoms with Crippen molar-refractivity contribution in [2.45, 2.75) is 12.5 Å². The van der Waals surface area contributed by atoms with E-state index in [-0.39, 0.29) is 10.8 Å². The Morgan fingerprint density at radius 1 is 1.19 bits per heavy atom. The summed E-state index contributed by atoms with van der Waals surface area (Å²) in [5.74, 6) is -4.93. The van der Waals surface area contributed by atoms with E-state index in [1.807, 2.05) is 0 Å². The lowest BCUT2D eigenvalue weighted by Gasteiger charge is -2.14. The van der Waals surface area contributed by atoms with E-state index in [1.54, 1.807) is 0 Å². The molecule has 0 saturated carbocycles. The third-order valence-corrected chi connectivity index (χ3v) is 5.60. The molecule has 0 bridgehead atoms. The predicted octanol–water partition coefficient (Wildman–Crippen LogP) is 3.81. The highest BCUT2D eigenvalue weighted by atomic mass is 79.9. The summed E-state index contributed by atoms with van der Waals surface area (Å²) in [6.45, 7) is -1.89. The van der Waals surface area contributed by atoms with Gasteiger partial charge in [-0.3, -0.25) is 9.59 Å². The van der Waals surface area contributed by atoms with Crippen LogP contribution in [0.15, 0.2) is 28.9 Å². The number of fused-ring (bicyclic) bond motifs is 1. The standard InChI is InChI=1S/C19H10BrClF5N5O5/c20-11-9(6(14(27)32)4-8-13(11)36-19(25,26)35-8)10-12(15(28)33)31(16-7(21)2-1-3-29-16)30-17(10)34-5-18(22,23)24/h1-4H,5H2,(H2,27,32)(H2,28,33). The number of alkyl halides is 5. The molecule has 190 valence electrons. The van der Waals surface area contributed by atoms with Gasteiger partial charge in [-0.1, -0.05) is 11.6 Å². The fraction of sp³-hybridized carbons (Fsp3) is 0.158. The Hall–Kier alpha value is -3.66. The Balaban J connectivity index is 2.09. The van der Waals surface area contributed by atoms with Gasteiger partial charge in [0.25, 0.3) is 5.91 Å². The number of ether oxygens (including phenoxy) is 3. The van der Waals surface area contributed by atoms with E-state index in [4.69, 9.17) is 27.8 Å². The van der Waals surface area contributed by atoms with Crippen LogP contribution in [0.4, 0.5) is 22.0 Å². The third kappa shape index (κ3) is 4.60. The van der Waals surface area contributed by atoms with E-state index in [0.29, 0.717) is 4.68 Å². The van der Waals surface area contributed by atoms with Gasteiger partial charge < -0.3 is 25.7 Å². The average molecular weight is 599 g/mol. The number of carbonyl (C=O) groups is 2. The van der Waals surface area contributed by atoms with Gasteiger partial charge in [-0.05, 0) is 34.1 Å². The molecule has 17 heteroatoms. The molecular weight excluding hydrogens is 589 g/mol. The Bertz CT molecular complexity index is 1410. The molecule has 2 aromatic heterocycles. The maximum absolute atomic E-state index is 13.7. The zero-order chi connectivity index (χ0) is 26.6. The second-order valence-corrected chi connectivity index (χ2v) is 8.19. The number of halogens is 7. The van der Waals surface area contributed by atoms with E-state index in [0.717, 1.165) is 6.07 Å². The number of primary amides is 2. The van der Waals surface area contributed by atoms with Gasteiger partial charge in [0.2, 0.25) is 11.8 Å². The van der Waals surface area contributed by atoms with Crippen molar-refractivity contribution in [1.29, 1.82) is 0 Å². The minimum absolute atomic E-state index is 0.101. The monoisotopic (exact) mass is 597 g/mol. The third-order valence-electron chi connectivity index (χ3n) is 4.55. The summed E-state index contributed by atoms with van der Waals surface area (Å²) >= 11 is 9.09. The molecule has 0 atom stereocenters. The molecule has 0 radical (unpaired) electrons. The summed E-state index contributed by atoms with van der Waals surface area (Å²) in [6, 6.07) is 3.50. The van der Waals surface area contributed by atoms with Crippen LogP contribution in [0.1, 0.15) is 20.8 Å². The maximum atomic E-state index is 13.7. The fourth-order valence-electron chi connectivity index (χ4n) is 3.27. The summed E-state index contributed by atoms with van der Waals surface area (Å²) < 4.78 is 80.3. The van der Waals surface area contributed by atoms with Crippen molar-refractivity contribution in [2.75, 3.05) is 6.61 Å². The molecule has 1 aromatic carbocycles.